The normalized spacial score (nSPS) is 18.7. The minimum atomic E-state index is 0.179. The maximum Gasteiger partial charge on any atom is 0.0355 e. The van der Waals surface area contributed by atoms with Gasteiger partial charge in [0.25, 0.3) is 0 Å². The first-order valence-electron chi connectivity index (χ1n) is 5.77. The van der Waals surface area contributed by atoms with Crippen molar-refractivity contribution in [3.8, 4) is 0 Å². The van der Waals surface area contributed by atoms with Crippen molar-refractivity contribution in [1.29, 1.82) is 0 Å². The third kappa shape index (κ3) is 3.12. The summed E-state index contributed by atoms with van der Waals surface area (Å²) in [6, 6.07) is 0. The Hall–Kier alpha value is -0.720. The first kappa shape index (κ1) is 12.4. The summed E-state index contributed by atoms with van der Waals surface area (Å²) in [5.74, 6) is 0. The molecular weight excluding hydrogens is 182 g/mol. The van der Waals surface area contributed by atoms with Gasteiger partial charge in [-0.2, -0.15) is 0 Å². The predicted octanol–water partition coefficient (Wildman–Crippen LogP) is 4.32. The average molecular weight is 207 g/mol. The van der Waals surface area contributed by atoms with Crippen molar-refractivity contribution < 1.29 is 0 Å². The molecule has 1 aliphatic heterocycles. The number of rotatable bonds is 0. The molecule has 1 heterocycles. The first-order chi connectivity index (χ1) is 6.60. The van der Waals surface area contributed by atoms with Crippen LogP contribution in [0, 0.1) is 5.41 Å². The van der Waals surface area contributed by atoms with Crippen LogP contribution in [0.3, 0.4) is 0 Å². The molecule has 15 heavy (non-hydrogen) atoms. The fourth-order valence-corrected chi connectivity index (χ4v) is 1.68. The molecular formula is C14H25N. The predicted molar refractivity (Wildman–Crippen MR) is 67.5 cm³/mol. The Morgan fingerprint density at radius 3 is 1.93 bits per heavy atom. The van der Waals surface area contributed by atoms with Crippen molar-refractivity contribution in [3.63, 3.8) is 0 Å². The fourth-order valence-electron chi connectivity index (χ4n) is 1.68. The second-order valence-corrected chi connectivity index (χ2v) is 6.63. The SMILES string of the molecule is CC1=CN(C(C)(C)C)C=C(C(C)(C)C)C1. The Morgan fingerprint density at radius 1 is 1.00 bits per heavy atom. The average Bonchev–Trinajstić information content (AvgIpc) is 1.99. The molecule has 0 aromatic rings. The lowest BCUT2D eigenvalue weighted by molar-refractivity contribution is 0.265. The molecule has 0 saturated heterocycles. The Kier molecular flexibility index (Phi) is 3.04. The molecule has 0 saturated carbocycles. The Labute approximate surface area is 94.9 Å². The van der Waals surface area contributed by atoms with Gasteiger partial charge >= 0.3 is 0 Å². The lowest BCUT2D eigenvalue weighted by atomic mass is 9.82. The first-order valence-corrected chi connectivity index (χ1v) is 5.77. The van der Waals surface area contributed by atoms with Crippen molar-refractivity contribution in [2.75, 3.05) is 0 Å². The fraction of sp³-hybridized carbons (Fsp3) is 0.714. The maximum absolute atomic E-state index is 2.34. The van der Waals surface area contributed by atoms with Gasteiger partial charge in [0.05, 0.1) is 0 Å². The van der Waals surface area contributed by atoms with Gasteiger partial charge in [0, 0.05) is 17.9 Å². The standard InChI is InChI=1S/C14H25N/c1-11-8-12(13(2,3)4)10-15(9-11)14(5,6)7/h9-10H,8H2,1-7H3. The van der Waals surface area contributed by atoms with Gasteiger partial charge in [0.2, 0.25) is 0 Å². The van der Waals surface area contributed by atoms with Crippen molar-refractivity contribution in [1.82, 2.24) is 4.90 Å². The molecule has 0 spiro atoms. The molecule has 0 radical (unpaired) electrons. The molecule has 1 aliphatic rings. The summed E-state index contributed by atoms with van der Waals surface area (Å²) in [7, 11) is 0. The summed E-state index contributed by atoms with van der Waals surface area (Å²) < 4.78 is 0. The van der Waals surface area contributed by atoms with Crippen LogP contribution in [-0.4, -0.2) is 10.4 Å². The van der Waals surface area contributed by atoms with Gasteiger partial charge in [0.15, 0.2) is 0 Å². The highest BCUT2D eigenvalue weighted by Gasteiger charge is 2.25. The molecule has 0 N–H and O–H groups in total. The van der Waals surface area contributed by atoms with E-state index in [0.29, 0.717) is 0 Å². The van der Waals surface area contributed by atoms with Gasteiger partial charge in [-0.25, -0.2) is 0 Å². The third-order valence-electron chi connectivity index (χ3n) is 2.86. The van der Waals surface area contributed by atoms with Crippen molar-refractivity contribution in [3.05, 3.63) is 23.5 Å². The minimum absolute atomic E-state index is 0.179. The Morgan fingerprint density at radius 2 is 1.53 bits per heavy atom. The van der Waals surface area contributed by atoms with Crippen molar-refractivity contribution >= 4 is 0 Å². The molecule has 0 bridgehead atoms. The molecule has 0 amide bonds. The quantitative estimate of drug-likeness (QED) is 0.571. The van der Waals surface area contributed by atoms with E-state index >= 15 is 0 Å². The highest BCUT2D eigenvalue weighted by Crippen LogP contribution is 2.35. The molecule has 0 aromatic carbocycles. The zero-order valence-electron chi connectivity index (χ0n) is 11.3. The van der Waals surface area contributed by atoms with Crippen molar-refractivity contribution in [2.45, 2.75) is 60.4 Å². The van der Waals surface area contributed by atoms with E-state index in [1.807, 2.05) is 0 Å². The van der Waals surface area contributed by atoms with Gasteiger partial charge in [-0.15, -0.1) is 0 Å². The summed E-state index contributed by atoms with van der Waals surface area (Å²) >= 11 is 0. The number of nitrogens with zero attached hydrogens (tertiary/aromatic N) is 1. The molecule has 0 unspecified atom stereocenters. The lowest BCUT2D eigenvalue weighted by Crippen LogP contribution is -2.35. The zero-order chi connectivity index (χ0) is 11.9. The highest BCUT2D eigenvalue weighted by molar-refractivity contribution is 5.25. The molecule has 0 aromatic heterocycles. The van der Waals surface area contributed by atoms with E-state index in [2.05, 4.69) is 65.8 Å². The summed E-state index contributed by atoms with van der Waals surface area (Å²) in [5.41, 5.74) is 3.44. The summed E-state index contributed by atoms with van der Waals surface area (Å²) in [4.78, 5) is 2.34. The Balaban J connectivity index is 3.01. The molecule has 86 valence electrons. The second-order valence-electron chi connectivity index (χ2n) is 6.63. The number of hydrogen-bond donors (Lipinski definition) is 0. The topological polar surface area (TPSA) is 3.24 Å². The van der Waals surface area contributed by atoms with Crippen LogP contribution < -0.4 is 0 Å². The maximum atomic E-state index is 2.34. The van der Waals surface area contributed by atoms with Crippen LogP contribution in [0.1, 0.15) is 54.9 Å². The number of hydrogen-bond acceptors (Lipinski definition) is 1. The minimum Gasteiger partial charge on any atom is -0.349 e. The van der Waals surface area contributed by atoms with E-state index in [-0.39, 0.29) is 11.0 Å². The summed E-state index contributed by atoms with van der Waals surface area (Å²) in [5, 5.41) is 0. The van der Waals surface area contributed by atoms with Crippen LogP contribution in [0.25, 0.3) is 0 Å². The molecule has 1 heteroatoms. The lowest BCUT2D eigenvalue weighted by Gasteiger charge is -2.38. The molecule has 1 nitrogen and oxygen atoms in total. The monoisotopic (exact) mass is 207 g/mol. The van der Waals surface area contributed by atoms with Crippen molar-refractivity contribution in [2.24, 2.45) is 5.41 Å². The zero-order valence-corrected chi connectivity index (χ0v) is 11.3. The summed E-state index contributed by atoms with van der Waals surface area (Å²) in [6.07, 6.45) is 5.72. The molecule has 1 rings (SSSR count). The van der Waals surface area contributed by atoms with Crippen LogP contribution in [0.2, 0.25) is 0 Å². The van der Waals surface area contributed by atoms with Gasteiger partial charge in [0.1, 0.15) is 0 Å². The largest absolute Gasteiger partial charge is 0.349 e. The van der Waals surface area contributed by atoms with E-state index in [1.165, 1.54) is 11.1 Å². The summed E-state index contributed by atoms with van der Waals surface area (Å²) in [6.45, 7) is 15.8. The smallest absolute Gasteiger partial charge is 0.0355 e. The molecule has 0 atom stereocenters. The Bertz CT molecular complexity index is 294. The van der Waals surface area contributed by atoms with Gasteiger partial charge < -0.3 is 4.90 Å². The molecule has 0 aliphatic carbocycles. The third-order valence-corrected chi connectivity index (χ3v) is 2.86. The van der Waals surface area contributed by atoms with Crippen LogP contribution in [0.4, 0.5) is 0 Å². The van der Waals surface area contributed by atoms with E-state index < -0.39 is 0 Å². The van der Waals surface area contributed by atoms with Crippen LogP contribution in [0.5, 0.6) is 0 Å². The van der Waals surface area contributed by atoms with Gasteiger partial charge in [-0.3, -0.25) is 0 Å². The molecule has 0 fully saturated rings. The van der Waals surface area contributed by atoms with E-state index in [4.69, 9.17) is 0 Å². The highest BCUT2D eigenvalue weighted by atomic mass is 15.2. The van der Waals surface area contributed by atoms with Gasteiger partial charge in [-0.05, 0) is 45.1 Å². The second kappa shape index (κ2) is 3.70. The number of allylic oxidation sites excluding steroid dienone is 2. The van der Waals surface area contributed by atoms with Crippen LogP contribution in [-0.2, 0) is 0 Å². The van der Waals surface area contributed by atoms with E-state index in [0.717, 1.165) is 6.42 Å². The van der Waals surface area contributed by atoms with Crippen LogP contribution in [0.15, 0.2) is 23.5 Å². The van der Waals surface area contributed by atoms with E-state index in [1.54, 1.807) is 0 Å². The van der Waals surface area contributed by atoms with Gasteiger partial charge in [-0.1, -0.05) is 26.3 Å². The van der Waals surface area contributed by atoms with Crippen LogP contribution >= 0.6 is 0 Å². The van der Waals surface area contributed by atoms with E-state index in [9.17, 15) is 0 Å².